The summed E-state index contributed by atoms with van der Waals surface area (Å²) in [5.41, 5.74) is 4.18. The first-order chi connectivity index (χ1) is 13.6. The molecule has 2 aromatic rings. The van der Waals surface area contributed by atoms with E-state index in [4.69, 9.17) is 0 Å². The number of aryl methyl sites for hydroxylation is 1. The van der Waals surface area contributed by atoms with Crippen molar-refractivity contribution in [3.05, 3.63) is 65.2 Å². The Morgan fingerprint density at radius 2 is 1.75 bits per heavy atom. The number of benzene rings is 2. The molecule has 2 aromatic carbocycles. The largest absolute Gasteiger partial charge is 0.336 e. The van der Waals surface area contributed by atoms with Crippen LogP contribution in [0.2, 0.25) is 0 Å². The fourth-order valence-corrected chi connectivity index (χ4v) is 4.05. The molecule has 2 fully saturated rings. The third kappa shape index (κ3) is 3.94. The molecule has 2 aliphatic heterocycles. The number of piperazine rings is 1. The SMILES string of the molecule is Cc1ccccc1CN1CCN(C(=O)c2cccc(N3CCCC3=O)c2)CC1. The van der Waals surface area contributed by atoms with Crippen LogP contribution < -0.4 is 4.90 Å². The van der Waals surface area contributed by atoms with E-state index in [1.807, 2.05) is 29.2 Å². The summed E-state index contributed by atoms with van der Waals surface area (Å²) in [7, 11) is 0. The molecule has 0 N–H and O–H groups in total. The van der Waals surface area contributed by atoms with Gasteiger partial charge in [0, 0.05) is 56.9 Å². The maximum Gasteiger partial charge on any atom is 0.254 e. The van der Waals surface area contributed by atoms with Crippen LogP contribution in [0.25, 0.3) is 0 Å². The van der Waals surface area contributed by atoms with Gasteiger partial charge in [-0.25, -0.2) is 0 Å². The average Bonchev–Trinajstić information content (AvgIpc) is 3.16. The van der Waals surface area contributed by atoms with Crippen molar-refractivity contribution in [3.8, 4) is 0 Å². The molecule has 0 aliphatic carbocycles. The van der Waals surface area contributed by atoms with Gasteiger partial charge in [-0.1, -0.05) is 30.3 Å². The normalized spacial score (nSPS) is 18.0. The van der Waals surface area contributed by atoms with Gasteiger partial charge in [0.05, 0.1) is 0 Å². The van der Waals surface area contributed by atoms with Crippen molar-refractivity contribution >= 4 is 17.5 Å². The zero-order chi connectivity index (χ0) is 19.5. The van der Waals surface area contributed by atoms with E-state index < -0.39 is 0 Å². The molecular formula is C23H27N3O2. The molecule has 2 heterocycles. The molecule has 0 unspecified atom stereocenters. The smallest absolute Gasteiger partial charge is 0.254 e. The van der Waals surface area contributed by atoms with E-state index in [9.17, 15) is 9.59 Å². The molecule has 0 bridgehead atoms. The van der Waals surface area contributed by atoms with Gasteiger partial charge in [0.1, 0.15) is 0 Å². The van der Waals surface area contributed by atoms with Crippen molar-refractivity contribution in [2.24, 2.45) is 0 Å². The summed E-state index contributed by atoms with van der Waals surface area (Å²) in [6.07, 6.45) is 1.49. The summed E-state index contributed by atoms with van der Waals surface area (Å²) >= 11 is 0. The zero-order valence-corrected chi connectivity index (χ0v) is 16.4. The second-order valence-electron chi connectivity index (χ2n) is 7.69. The Labute approximate surface area is 166 Å². The molecule has 4 rings (SSSR count). The lowest BCUT2D eigenvalue weighted by molar-refractivity contribution is -0.117. The topological polar surface area (TPSA) is 43.9 Å². The van der Waals surface area contributed by atoms with Gasteiger partial charge < -0.3 is 9.80 Å². The van der Waals surface area contributed by atoms with Crippen molar-refractivity contribution in [1.82, 2.24) is 9.80 Å². The van der Waals surface area contributed by atoms with Crippen LogP contribution in [0, 0.1) is 6.92 Å². The van der Waals surface area contributed by atoms with E-state index in [1.54, 1.807) is 4.90 Å². The summed E-state index contributed by atoms with van der Waals surface area (Å²) in [6, 6.07) is 16.0. The first kappa shape index (κ1) is 18.7. The Morgan fingerprint density at radius 3 is 2.46 bits per heavy atom. The number of nitrogens with zero attached hydrogens (tertiary/aromatic N) is 3. The monoisotopic (exact) mass is 377 g/mol. The zero-order valence-electron chi connectivity index (χ0n) is 16.4. The molecule has 0 spiro atoms. The third-order valence-electron chi connectivity index (χ3n) is 5.79. The molecule has 2 saturated heterocycles. The number of hydrogen-bond donors (Lipinski definition) is 0. The second kappa shape index (κ2) is 8.15. The number of amides is 2. The number of carbonyl (C=O) groups excluding carboxylic acids is 2. The van der Waals surface area contributed by atoms with Gasteiger partial charge in [-0.05, 0) is 42.7 Å². The summed E-state index contributed by atoms with van der Waals surface area (Å²) in [6.45, 7) is 7.05. The minimum absolute atomic E-state index is 0.0593. The van der Waals surface area contributed by atoms with E-state index in [-0.39, 0.29) is 11.8 Å². The minimum atomic E-state index is 0.0593. The van der Waals surface area contributed by atoms with Crippen LogP contribution >= 0.6 is 0 Å². The summed E-state index contributed by atoms with van der Waals surface area (Å²) in [5.74, 6) is 0.207. The van der Waals surface area contributed by atoms with Crippen LogP contribution in [0.15, 0.2) is 48.5 Å². The standard InChI is InChI=1S/C23H27N3O2/c1-18-6-2-3-7-20(18)17-24-12-14-25(15-13-24)23(28)19-8-4-9-21(16-19)26-11-5-10-22(26)27/h2-4,6-9,16H,5,10-15,17H2,1H3. The van der Waals surface area contributed by atoms with E-state index in [1.165, 1.54) is 11.1 Å². The maximum atomic E-state index is 13.0. The molecule has 5 nitrogen and oxygen atoms in total. The summed E-state index contributed by atoms with van der Waals surface area (Å²) in [4.78, 5) is 31.1. The molecule has 5 heteroatoms. The average molecular weight is 377 g/mol. The number of rotatable bonds is 4. The van der Waals surface area contributed by atoms with Gasteiger partial charge in [-0.15, -0.1) is 0 Å². The van der Waals surface area contributed by atoms with Gasteiger partial charge in [0.2, 0.25) is 5.91 Å². The van der Waals surface area contributed by atoms with Crippen molar-refractivity contribution < 1.29 is 9.59 Å². The first-order valence-corrected chi connectivity index (χ1v) is 10.1. The highest BCUT2D eigenvalue weighted by Gasteiger charge is 2.25. The Balaban J connectivity index is 1.38. The number of anilines is 1. The maximum absolute atomic E-state index is 13.0. The lowest BCUT2D eigenvalue weighted by atomic mass is 10.1. The van der Waals surface area contributed by atoms with Crippen LogP contribution in [0.5, 0.6) is 0 Å². The van der Waals surface area contributed by atoms with Gasteiger partial charge in [0.25, 0.3) is 5.91 Å². The van der Waals surface area contributed by atoms with Crippen LogP contribution in [0.1, 0.15) is 34.3 Å². The third-order valence-corrected chi connectivity index (χ3v) is 5.79. The first-order valence-electron chi connectivity index (χ1n) is 10.1. The molecule has 0 atom stereocenters. The van der Waals surface area contributed by atoms with Gasteiger partial charge in [-0.3, -0.25) is 14.5 Å². The number of carbonyl (C=O) groups is 2. The Bertz CT molecular complexity index is 872. The van der Waals surface area contributed by atoms with Gasteiger partial charge >= 0.3 is 0 Å². The van der Waals surface area contributed by atoms with E-state index in [0.29, 0.717) is 12.0 Å². The molecule has 0 radical (unpaired) electrons. The molecule has 146 valence electrons. The molecule has 0 saturated carbocycles. The summed E-state index contributed by atoms with van der Waals surface area (Å²) < 4.78 is 0. The van der Waals surface area contributed by atoms with Crippen molar-refractivity contribution in [2.75, 3.05) is 37.6 Å². The Hall–Kier alpha value is -2.66. The van der Waals surface area contributed by atoms with E-state index >= 15 is 0 Å². The van der Waals surface area contributed by atoms with Crippen LogP contribution in [0.3, 0.4) is 0 Å². The van der Waals surface area contributed by atoms with E-state index in [0.717, 1.165) is 51.4 Å². The fourth-order valence-electron chi connectivity index (χ4n) is 4.05. The highest BCUT2D eigenvalue weighted by Crippen LogP contribution is 2.23. The van der Waals surface area contributed by atoms with Crippen molar-refractivity contribution in [1.29, 1.82) is 0 Å². The van der Waals surface area contributed by atoms with Crippen LogP contribution in [-0.4, -0.2) is 54.3 Å². The predicted octanol–water partition coefficient (Wildman–Crippen LogP) is 3.08. The molecular weight excluding hydrogens is 350 g/mol. The van der Waals surface area contributed by atoms with Crippen LogP contribution in [0.4, 0.5) is 5.69 Å². The number of hydrogen-bond acceptors (Lipinski definition) is 3. The highest BCUT2D eigenvalue weighted by atomic mass is 16.2. The van der Waals surface area contributed by atoms with Crippen LogP contribution in [-0.2, 0) is 11.3 Å². The quantitative estimate of drug-likeness (QED) is 0.822. The fraction of sp³-hybridized carbons (Fsp3) is 0.391. The van der Waals surface area contributed by atoms with Crippen molar-refractivity contribution in [2.45, 2.75) is 26.3 Å². The van der Waals surface area contributed by atoms with Gasteiger partial charge in [-0.2, -0.15) is 0 Å². The lowest BCUT2D eigenvalue weighted by Crippen LogP contribution is -2.48. The molecule has 2 amide bonds. The Morgan fingerprint density at radius 1 is 0.964 bits per heavy atom. The predicted molar refractivity (Wildman–Crippen MR) is 110 cm³/mol. The molecule has 0 aromatic heterocycles. The molecule has 28 heavy (non-hydrogen) atoms. The van der Waals surface area contributed by atoms with E-state index in [2.05, 4.69) is 36.1 Å². The Kier molecular flexibility index (Phi) is 5.44. The highest BCUT2D eigenvalue weighted by molar-refractivity contribution is 5.99. The summed E-state index contributed by atoms with van der Waals surface area (Å²) in [5, 5.41) is 0. The van der Waals surface area contributed by atoms with Crippen molar-refractivity contribution in [3.63, 3.8) is 0 Å². The second-order valence-corrected chi connectivity index (χ2v) is 7.69. The molecule has 2 aliphatic rings. The minimum Gasteiger partial charge on any atom is -0.336 e. The lowest BCUT2D eigenvalue weighted by Gasteiger charge is -2.35. The van der Waals surface area contributed by atoms with Gasteiger partial charge in [0.15, 0.2) is 0 Å².